The molecule has 5 heteroatoms. The predicted octanol–water partition coefficient (Wildman–Crippen LogP) is 4.14. The molecule has 1 heterocycles. The summed E-state index contributed by atoms with van der Waals surface area (Å²) >= 11 is 7.93. The number of hydrogen-bond acceptors (Lipinski definition) is 4. The fraction of sp³-hybridized carbons (Fsp3) is 0.214. The zero-order valence-electron chi connectivity index (χ0n) is 10.9. The first-order valence-corrected chi connectivity index (χ1v) is 7.22. The third kappa shape index (κ3) is 2.96. The second-order valence-corrected chi connectivity index (χ2v) is 4.96. The van der Waals surface area contributed by atoms with Gasteiger partial charge in [0.25, 0.3) is 0 Å². The van der Waals surface area contributed by atoms with Crippen LogP contribution in [0.4, 0.5) is 0 Å². The molecule has 19 heavy (non-hydrogen) atoms. The van der Waals surface area contributed by atoms with E-state index < -0.39 is 0 Å². The Labute approximate surface area is 121 Å². The van der Waals surface area contributed by atoms with Crippen LogP contribution in [-0.4, -0.2) is 25.5 Å². The van der Waals surface area contributed by atoms with E-state index in [0.717, 1.165) is 16.3 Å². The fourth-order valence-corrected chi connectivity index (χ4v) is 2.39. The summed E-state index contributed by atoms with van der Waals surface area (Å²) in [5, 5.41) is 1.48. The number of pyridine rings is 1. The zero-order valence-corrected chi connectivity index (χ0v) is 12.5. The second-order valence-electron chi connectivity index (χ2n) is 3.76. The fourth-order valence-electron chi connectivity index (χ4n) is 1.70. The molecule has 0 aliphatic carbocycles. The summed E-state index contributed by atoms with van der Waals surface area (Å²) in [5.41, 5.74) is 1.60. The Kier molecular flexibility index (Phi) is 4.56. The number of thioether (sulfide) groups is 1. The van der Waals surface area contributed by atoms with Gasteiger partial charge in [0.1, 0.15) is 11.5 Å². The molecule has 0 aliphatic rings. The van der Waals surface area contributed by atoms with Gasteiger partial charge in [0, 0.05) is 11.6 Å². The maximum atomic E-state index is 6.34. The van der Waals surface area contributed by atoms with E-state index in [0.29, 0.717) is 16.5 Å². The van der Waals surface area contributed by atoms with Crippen molar-refractivity contribution in [3.63, 3.8) is 0 Å². The normalized spacial score (nSPS) is 10.3. The molecule has 0 unspecified atom stereocenters. The van der Waals surface area contributed by atoms with E-state index in [2.05, 4.69) is 4.98 Å². The molecule has 2 rings (SSSR count). The Balaban J connectivity index is 2.59. The van der Waals surface area contributed by atoms with Crippen molar-refractivity contribution in [2.45, 2.75) is 5.03 Å². The molecule has 1 aromatic carbocycles. The third-order valence-corrected chi connectivity index (χ3v) is 3.71. The molecule has 1 aromatic heterocycles. The maximum absolute atomic E-state index is 6.34. The molecule has 0 atom stereocenters. The zero-order chi connectivity index (χ0) is 13.8. The molecule has 0 N–H and O–H groups in total. The minimum Gasteiger partial charge on any atom is -0.497 e. The molecule has 100 valence electrons. The van der Waals surface area contributed by atoms with Crippen LogP contribution in [0.3, 0.4) is 0 Å². The van der Waals surface area contributed by atoms with E-state index in [1.54, 1.807) is 32.0 Å². The highest BCUT2D eigenvalue weighted by molar-refractivity contribution is 7.98. The summed E-state index contributed by atoms with van der Waals surface area (Å²) < 4.78 is 10.5. The van der Waals surface area contributed by atoms with Crippen LogP contribution in [0.15, 0.2) is 35.4 Å². The summed E-state index contributed by atoms with van der Waals surface area (Å²) in [6, 6.07) is 9.44. The molecule has 0 spiro atoms. The highest BCUT2D eigenvalue weighted by Crippen LogP contribution is 2.38. The molecular formula is C14H14ClNO2S. The minimum absolute atomic E-state index is 0.536. The van der Waals surface area contributed by atoms with Gasteiger partial charge >= 0.3 is 0 Å². The highest BCUT2D eigenvalue weighted by atomic mass is 35.5. The summed E-state index contributed by atoms with van der Waals surface area (Å²) in [6.45, 7) is 0. The molecule has 0 amide bonds. The van der Waals surface area contributed by atoms with Crippen LogP contribution in [0.2, 0.25) is 5.02 Å². The van der Waals surface area contributed by atoms with Gasteiger partial charge in [-0.3, -0.25) is 0 Å². The molecule has 0 bridgehead atoms. The van der Waals surface area contributed by atoms with Crippen LogP contribution >= 0.6 is 23.4 Å². The number of methoxy groups -OCH3 is 2. The van der Waals surface area contributed by atoms with Crippen molar-refractivity contribution in [1.29, 1.82) is 0 Å². The summed E-state index contributed by atoms with van der Waals surface area (Å²) in [4.78, 5) is 4.54. The SMILES string of the molecule is COc1cc(OC)c(Cl)c(-c2cccc(SC)n2)c1. The number of aromatic nitrogens is 1. The average Bonchev–Trinajstić information content (AvgIpc) is 2.47. The van der Waals surface area contributed by atoms with Gasteiger partial charge in [-0.1, -0.05) is 17.7 Å². The van der Waals surface area contributed by atoms with Crippen LogP contribution in [0.5, 0.6) is 11.5 Å². The first-order chi connectivity index (χ1) is 9.19. The number of benzene rings is 1. The van der Waals surface area contributed by atoms with Crippen molar-refractivity contribution in [3.8, 4) is 22.8 Å². The van der Waals surface area contributed by atoms with Gasteiger partial charge in [-0.25, -0.2) is 4.98 Å². The van der Waals surface area contributed by atoms with Crippen LogP contribution in [0.25, 0.3) is 11.3 Å². The van der Waals surface area contributed by atoms with Crippen molar-refractivity contribution in [3.05, 3.63) is 35.4 Å². The van der Waals surface area contributed by atoms with Gasteiger partial charge in [0.05, 0.1) is 30.0 Å². The lowest BCUT2D eigenvalue weighted by atomic mass is 10.1. The van der Waals surface area contributed by atoms with Crippen molar-refractivity contribution in [2.75, 3.05) is 20.5 Å². The van der Waals surface area contributed by atoms with Crippen LogP contribution < -0.4 is 9.47 Å². The molecule has 0 saturated carbocycles. The van der Waals surface area contributed by atoms with Gasteiger partial charge in [0.15, 0.2) is 0 Å². The van der Waals surface area contributed by atoms with Gasteiger partial charge in [-0.2, -0.15) is 0 Å². The largest absolute Gasteiger partial charge is 0.497 e. The summed E-state index contributed by atoms with van der Waals surface area (Å²) in [7, 11) is 3.19. The van der Waals surface area contributed by atoms with E-state index >= 15 is 0 Å². The number of halogens is 1. The predicted molar refractivity (Wildman–Crippen MR) is 79.6 cm³/mol. The number of rotatable bonds is 4. The van der Waals surface area contributed by atoms with E-state index in [-0.39, 0.29) is 0 Å². The standard InChI is InChI=1S/C14H14ClNO2S/c1-17-9-7-10(14(15)12(8-9)18-2)11-5-4-6-13(16-11)19-3/h4-8H,1-3H3. The van der Waals surface area contributed by atoms with Gasteiger partial charge in [0.2, 0.25) is 0 Å². The smallest absolute Gasteiger partial charge is 0.141 e. The van der Waals surface area contributed by atoms with Crippen LogP contribution in [-0.2, 0) is 0 Å². The molecule has 0 aliphatic heterocycles. The molecule has 2 aromatic rings. The Bertz CT molecular complexity index is 590. The molecule has 0 radical (unpaired) electrons. The maximum Gasteiger partial charge on any atom is 0.141 e. The number of nitrogens with zero attached hydrogens (tertiary/aromatic N) is 1. The minimum atomic E-state index is 0.536. The molecule has 0 saturated heterocycles. The lowest BCUT2D eigenvalue weighted by Crippen LogP contribution is -1.93. The van der Waals surface area contributed by atoms with Crippen molar-refractivity contribution >= 4 is 23.4 Å². The average molecular weight is 296 g/mol. The Morgan fingerprint density at radius 1 is 1.16 bits per heavy atom. The Morgan fingerprint density at radius 3 is 2.58 bits per heavy atom. The summed E-state index contributed by atoms with van der Waals surface area (Å²) in [6.07, 6.45) is 1.99. The van der Waals surface area contributed by atoms with E-state index in [9.17, 15) is 0 Å². The lowest BCUT2D eigenvalue weighted by Gasteiger charge is -2.11. The topological polar surface area (TPSA) is 31.4 Å². The first-order valence-electron chi connectivity index (χ1n) is 5.62. The second kappa shape index (κ2) is 6.17. The van der Waals surface area contributed by atoms with Crippen LogP contribution in [0.1, 0.15) is 0 Å². The van der Waals surface area contributed by atoms with Gasteiger partial charge in [-0.15, -0.1) is 11.8 Å². The molecular weight excluding hydrogens is 282 g/mol. The third-order valence-electron chi connectivity index (χ3n) is 2.68. The van der Waals surface area contributed by atoms with Crippen molar-refractivity contribution in [2.24, 2.45) is 0 Å². The number of hydrogen-bond donors (Lipinski definition) is 0. The van der Waals surface area contributed by atoms with Gasteiger partial charge < -0.3 is 9.47 Å². The van der Waals surface area contributed by atoms with E-state index in [1.807, 2.05) is 30.5 Å². The quantitative estimate of drug-likeness (QED) is 0.793. The highest BCUT2D eigenvalue weighted by Gasteiger charge is 2.13. The van der Waals surface area contributed by atoms with Crippen LogP contribution in [0, 0.1) is 0 Å². The monoisotopic (exact) mass is 295 g/mol. The van der Waals surface area contributed by atoms with Crippen molar-refractivity contribution < 1.29 is 9.47 Å². The Hall–Kier alpha value is -1.39. The van der Waals surface area contributed by atoms with E-state index in [1.165, 1.54) is 0 Å². The summed E-state index contributed by atoms with van der Waals surface area (Å²) in [5.74, 6) is 1.26. The molecule has 3 nitrogen and oxygen atoms in total. The van der Waals surface area contributed by atoms with Crippen molar-refractivity contribution in [1.82, 2.24) is 4.98 Å². The Morgan fingerprint density at radius 2 is 1.95 bits per heavy atom. The van der Waals surface area contributed by atoms with E-state index in [4.69, 9.17) is 21.1 Å². The lowest BCUT2D eigenvalue weighted by molar-refractivity contribution is 0.395. The first kappa shape index (κ1) is 14.0. The molecule has 0 fully saturated rings. The number of ether oxygens (including phenoxy) is 2. The van der Waals surface area contributed by atoms with Gasteiger partial charge in [-0.05, 0) is 24.5 Å².